The molecule has 1 saturated carbocycles. The summed E-state index contributed by atoms with van der Waals surface area (Å²) >= 11 is 0. The number of amides is 1. The van der Waals surface area contributed by atoms with Crippen molar-refractivity contribution in [3.8, 4) is 5.75 Å². The van der Waals surface area contributed by atoms with Gasteiger partial charge < -0.3 is 10.1 Å². The van der Waals surface area contributed by atoms with Crippen molar-refractivity contribution in [3.63, 3.8) is 0 Å². The lowest BCUT2D eigenvalue weighted by Gasteiger charge is -2.37. The molecule has 0 spiro atoms. The average molecular weight is 407 g/mol. The molecule has 160 valence electrons. The van der Waals surface area contributed by atoms with E-state index in [1.165, 1.54) is 18.4 Å². The maximum absolute atomic E-state index is 13.3. The van der Waals surface area contributed by atoms with Gasteiger partial charge in [0.15, 0.2) is 0 Å². The van der Waals surface area contributed by atoms with Crippen LogP contribution in [0.4, 0.5) is 0 Å². The standard InChI is InChI=1S/C26H34N2O2/c1-30-24-13-11-22(12-14-24)25(26(29)27-23-9-5-6-10-23)28-17-15-21(16-18-28)19-20-7-3-2-4-8-20/h2-4,7-8,11-14,21,23,25H,5-6,9-10,15-19H2,1H3,(H,27,29). The quantitative estimate of drug-likeness (QED) is 0.721. The Bertz CT molecular complexity index is 792. The molecular formula is C26H34N2O2. The van der Waals surface area contributed by atoms with Crippen molar-refractivity contribution < 1.29 is 9.53 Å². The van der Waals surface area contributed by atoms with Crippen molar-refractivity contribution in [1.82, 2.24) is 10.2 Å². The van der Waals surface area contributed by atoms with E-state index in [1.807, 2.05) is 24.3 Å². The first-order valence-electron chi connectivity index (χ1n) is 11.5. The summed E-state index contributed by atoms with van der Waals surface area (Å²) < 4.78 is 5.32. The number of hydrogen-bond acceptors (Lipinski definition) is 3. The van der Waals surface area contributed by atoms with E-state index in [2.05, 4.69) is 40.5 Å². The van der Waals surface area contributed by atoms with Gasteiger partial charge in [-0.05, 0) is 74.4 Å². The van der Waals surface area contributed by atoms with Crippen LogP contribution >= 0.6 is 0 Å². The van der Waals surface area contributed by atoms with Crippen LogP contribution in [-0.4, -0.2) is 37.0 Å². The Morgan fingerprint density at radius 2 is 1.67 bits per heavy atom. The van der Waals surface area contributed by atoms with E-state index in [1.54, 1.807) is 7.11 Å². The van der Waals surface area contributed by atoms with Crippen LogP contribution in [0.25, 0.3) is 0 Å². The van der Waals surface area contributed by atoms with Gasteiger partial charge in [-0.1, -0.05) is 55.3 Å². The van der Waals surface area contributed by atoms with E-state index in [0.717, 1.165) is 56.5 Å². The summed E-state index contributed by atoms with van der Waals surface area (Å²) in [5, 5.41) is 3.34. The summed E-state index contributed by atoms with van der Waals surface area (Å²) in [5.41, 5.74) is 2.48. The maximum Gasteiger partial charge on any atom is 0.242 e. The van der Waals surface area contributed by atoms with Crippen LogP contribution in [0.15, 0.2) is 54.6 Å². The van der Waals surface area contributed by atoms with E-state index in [4.69, 9.17) is 4.74 Å². The highest BCUT2D eigenvalue weighted by molar-refractivity contribution is 5.83. The lowest BCUT2D eigenvalue weighted by molar-refractivity contribution is -0.128. The molecule has 0 radical (unpaired) electrons. The molecule has 1 aliphatic heterocycles. The molecule has 2 fully saturated rings. The predicted octanol–water partition coefficient (Wildman–Crippen LogP) is 4.75. The van der Waals surface area contributed by atoms with Crippen LogP contribution in [0.1, 0.15) is 55.7 Å². The molecule has 2 aromatic rings. The number of benzene rings is 2. The van der Waals surface area contributed by atoms with E-state index in [-0.39, 0.29) is 11.9 Å². The van der Waals surface area contributed by atoms with Gasteiger partial charge in [0.1, 0.15) is 11.8 Å². The smallest absolute Gasteiger partial charge is 0.242 e. The van der Waals surface area contributed by atoms with Gasteiger partial charge in [0, 0.05) is 6.04 Å². The number of ether oxygens (including phenoxy) is 1. The number of likely N-dealkylation sites (tertiary alicyclic amines) is 1. The minimum absolute atomic E-state index is 0.161. The van der Waals surface area contributed by atoms with Crippen molar-refractivity contribution in [2.45, 2.75) is 57.0 Å². The zero-order valence-electron chi connectivity index (χ0n) is 18.1. The Kier molecular flexibility index (Phi) is 7.06. The minimum atomic E-state index is -0.214. The molecule has 4 nitrogen and oxygen atoms in total. The molecule has 4 heteroatoms. The first-order chi connectivity index (χ1) is 14.7. The second kappa shape index (κ2) is 10.1. The predicted molar refractivity (Wildman–Crippen MR) is 121 cm³/mol. The number of nitrogens with zero attached hydrogens (tertiary/aromatic N) is 1. The number of hydrogen-bond donors (Lipinski definition) is 1. The number of carbonyl (C=O) groups excluding carboxylic acids is 1. The maximum atomic E-state index is 13.3. The van der Waals surface area contributed by atoms with Gasteiger partial charge >= 0.3 is 0 Å². The van der Waals surface area contributed by atoms with E-state index >= 15 is 0 Å². The van der Waals surface area contributed by atoms with Crippen LogP contribution in [0.3, 0.4) is 0 Å². The fourth-order valence-corrected chi connectivity index (χ4v) is 5.03. The third-order valence-corrected chi connectivity index (χ3v) is 6.76. The van der Waals surface area contributed by atoms with Crippen LogP contribution in [0, 0.1) is 5.92 Å². The number of methoxy groups -OCH3 is 1. The zero-order chi connectivity index (χ0) is 20.8. The molecule has 2 aliphatic rings. The van der Waals surface area contributed by atoms with Gasteiger partial charge in [0.2, 0.25) is 5.91 Å². The van der Waals surface area contributed by atoms with Crippen molar-refractivity contribution in [3.05, 3.63) is 65.7 Å². The minimum Gasteiger partial charge on any atom is -0.497 e. The highest BCUT2D eigenvalue weighted by Gasteiger charge is 2.32. The van der Waals surface area contributed by atoms with Crippen LogP contribution in [-0.2, 0) is 11.2 Å². The summed E-state index contributed by atoms with van der Waals surface area (Å²) in [5.74, 6) is 1.68. The molecule has 2 aromatic carbocycles. The summed E-state index contributed by atoms with van der Waals surface area (Å²) in [7, 11) is 1.68. The van der Waals surface area contributed by atoms with E-state index in [9.17, 15) is 4.79 Å². The Morgan fingerprint density at radius 3 is 2.30 bits per heavy atom. The SMILES string of the molecule is COc1ccc(C(C(=O)NC2CCCC2)N2CCC(Cc3ccccc3)CC2)cc1. The largest absolute Gasteiger partial charge is 0.497 e. The highest BCUT2D eigenvalue weighted by atomic mass is 16.5. The molecule has 0 bridgehead atoms. The molecule has 1 aliphatic carbocycles. The second-order valence-electron chi connectivity index (χ2n) is 8.83. The van der Waals surface area contributed by atoms with Crippen molar-refractivity contribution >= 4 is 5.91 Å². The Morgan fingerprint density at radius 1 is 1.00 bits per heavy atom. The highest BCUT2D eigenvalue weighted by Crippen LogP contribution is 2.30. The summed E-state index contributed by atoms with van der Waals surface area (Å²) in [6, 6.07) is 18.9. The summed E-state index contributed by atoms with van der Waals surface area (Å²) in [6.07, 6.45) is 8.08. The average Bonchev–Trinajstić information content (AvgIpc) is 3.29. The molecular weight excluding hydrogens is 372 g/mol. The van der Waals surface area contributed by atoms with Gasteiger partial charge in [0.05, 0.1) is 7.11 Å². The number of rotatable bonds is 7. The molecule has 1 N–H and O–H groups in total. The zero-order valence-corrected chi connectivity index (χ0v) is 18.1. The van der Waals surface area contributed by atoms with Gasteiger partial charge in [-0.15, -0.1) is 0 Å². The van der Waals surface area contributed by atoms with Crippen molar-refractivity contribution in [2.75, 3.05) is 20.2 Å². The van der Waals surface area contributed by atoms with E-state index in [0.29, 0.717) is 12.0 Å². The van der Waals surface area contributed by atoms with Crippen LogP contribution in [0.5, 0.6) is 5.75 Å². The molecule has 1 atom stereocenters. The number of piperidine rings is 1. The van der Waals surface area contributed by atoms with Crippen molar-refractivity contribution in [1.29, 1.82) is 0 Å². The molecule has 0 aromatic heterocycles. The first kappa shape index (κ1) is 20.9. The van der Waals surface area contributed by atoms with Crippen molar-refractivity contribution in [2.24, 2.45) is 5.92 Å². The third kappa shape index (κ3) is 5.23. The van der Waals surface area contributed by atoms with Gasteiger partial charge in [-0.2, -0.15) is 0 Å². The lowest BCUT2D eigenvalue weighted by Crippen LogP contribution is -2.46. The fourth-order valence-electron chi connectivity index (χ4n) is 5.03. The number of nitrogens with one attached hydrogen (secondary N) is 1. The van der Waals surface area contributed by atoms with E-state index < -0.39 is 0 Å². The lowest BCUT2D eigenvalue weighted by atomic mass is 9.89. The van der Waals surface area contributed by atoms with Gasteiger partial charge in [0.25, 0.3) is 0 Å². The van der Waals surface area contributed by atoms with Crippen LogP contribution in [0.2, 0.25) is 0 Å². The normalized spacial score (nSPS) is 19.5. The molecule has 30 heavy (non-hydrogen) atoms. The second-order valence-corrected chi connectivity index (χ2v) is 8.83. The molecule has 1 unspecified atom stereocenters. The fraction of sp³-hybridized carbons (Fsp3) is 0.500. The molecule has 1 saturated heterocycles. The monoisotopic (exact) mass is 406 g/mol. The van der Waals surface area contributed by atoms with Gasteiger partial charge in [-0.3, -0.25) is 9.69 Å². The summed E-state index contributed by atoms with van der Waals surface area (Å²) in [4.78, 5) is 15.7. The molecule has 1 amide bonds. The molecule has 4 rings (SSSR count). The third-order valence-electron chi connectivity index (χ3n) is 6.76. The number of carbonyl (C=O) groups is 1. The Balaban J connectivity index is 1.44. The Labute approximate surface area is 180 Å². The topological polar surface area (TPSA) is 41.6 Å². The van der Waals surface area contributed by atoms with Gasteiger partial charge in [-0.25, -0.2) is 0 Å². The van der Waals surface area contributed by atoms with Crippen LogP contribution < -0.4 is 10.1 Å². The molecule has 1 heterocycles. The Hall–Kier alpha value is -2.33. The summed E-state index contributed by atoms with van der Waals surface area (Å²) in [6.45, 7) is 1.93. The first-order valence-corrected chi connectivity index (χ1v) is 11.5.